The van der Waals surface area contributed by atoms with Gasteiger partial charge in [-0.15, -0.1) is 0 Å². The summed E-state index contributed by atoms with van der Waals surface area (Å²) >= 11 is 0. The summed E-state index contributed by atoms with van der Waals surface area (Å²) in [5.41, 5.74) is 3.22. The number of aromatic nitrogens is 4. The van der Waals surface area contributed by atoms with Crippen molar-refractivity contribution in [2.75, 3.05) is 23.3 Å². The number of nitrogens with zero attached hydrogens (tertiary/aromatic N) is 5. The Kier molecular flexibility index (Phi) is 6.66. The molecule has 1 aliphatic rings. The lowest BCUT2D eigenvalue weighted by atomic mass is 10.1. The van der Waals surface area contributed by atoms with Gasteiger partial charge in [0.05, 0.1) is 23.5 Å². The molecular weight excluding hydrogens is 438 g/mol. The number of aryl methyl sites for hydroxylation is 1. The van der Waals surface area contributed by atoms with Gasteiger partial charge in [-0.05, 0) is 24.6 Å². The molecular formula is C24H28FN6OP. The smallest absolute Gasteiger partial charge is 0.258 e. The van der Waals surface area contributed by atoms with Gasteiger partial charge in [0.25, 0.3) is 5.91 Å². The maximum Gasteiger partial charge on any atom is 0.258 e. The van der Waals surface area contributed by atoms with Crippen molar-refractivity contribution in [2.24, 2.45) is 0 Å². The van der Waals surface area contributed by atoms with Crippen molar-refractivity contribution in [3.8, 4) is 11.3 Å². The predicted octanol–water partition coefficient (Wildman–Crippen LogP) is 4.62. The average molecular weight is 467 g/mol. The standard InChI is InChI=1S/C24H28FN6OP/c1-4-17-6-5-7-19(29-17)18-8-10-26-22(31-11-9-24(25,33)14-31)20(18)30-23(32)16-12-27-21(15(2)3)28-13-16/h5-8,10,12-13,15H,4,9,11,14,33H2,1-3H3,(H,30,32). The fraction of sp³-hybridized carbons (Fsp3) is 0.375. The Morgan fingerprint density at radius 1 is 1.24 bits per heavy atom. The van der Waals surface area contributed by atoms with E-state index in [1.54, 1.807) is 6.20 Å². The molecule has 0 bridgehead atoms. The van der Waals surface area contributed by atoms with Crippen molar-refractivity contribution in [1.29, 1.82) is 0 Å². The van der Waals surface area contributed by atoms with Crippen LogP contribution in [0.1, 0.15) is 55.0 Å². The number of alkyl halides is 1. The maximum atomic E-state index is 14.6. The Morgan fingerprint density at radius 3 is 2.64 bits per heavy atom. The zero-order chi connectivity index (χ0) is 23.6. The molecule has 2 atom stereocenters. The third-order valence-electron chi connectivity index (χ3n) is 5.62. The molecule has 1 amide bonds. The summed E-state index contributed by atoms with van der Waals surface area (Å²) in [7, 11) is 2.28. The summed E-state index contributed by atoms with van der Waals surface area (Å²) < 4.78 is 14.6. The van der Waals surface area contributed by atoms with Crippen molar-refractivity contribution in [1.82, 2.24) is 19.9 Å². The molecule has 7 nitrogen and oxygen atoms in total. The summed E-state index contributed by atoms with van der Waals surface area (Å²) in [6, 6.07) is 7.62. The number of pyridine rings is 2. The first-order valence-corrected chi connectivity index (χ1v) is 11.7. The van der Waals surface area contributed by atoms with Gasteiger partial charge >= 0.3 is 0 Å². The molecule has 9 heteroatoms. The van der Waals surface area contributed by atoms with E-state index < -0.39 is 5.41 Å². The van der Waals surface area contributed by atoms with Crippen LogP contribution in [0.3, 0.4) is 0 Å². The van der Waals surface area contributed by atoms with Crippen LogP contribution in [0.15, 0.2) is 42.9 Å². The maximum absolute atomic E-state index is 14.6. The van der Waals surface area contributed by atoms with Gasteiger partial charge in [-0.3, -0.25) is 9.78 Å². The molecule has 33 heavy (non-hydrogen) atoms. The molecule has 1 N–H and O–H groups in total. The van der Waals surface area contributed by atoms with E-state index in [4.69, 9.17) is 4.98 Å². The largest absolute Gasteiger partial charge is 0.351 e. The lowest BCUT2D eigenvalue weighted by molar-refractivity contribution is 0.102. The molecule has 4 rings (SSSR count). The zero-order valence-corrected chi connectivity index (χ0v) is 20.2. The number of rotatable bonds is 6. The minimum Gasteiger partial charge on any atom is -0.351 e. The van der Waals surface area contributed by atoms with Crippen LogP contribution in [0.4, 0.5) is 15.9 Å². The first-order valence-electron chi connectivity index (χ1n) is 11.1. The molecule has 2 unspecified atom stereocenters. The predicted molar refractivity (Wildman–Crippen MR) is 131 cm³/mol. The van der Waals surface area contributed by atoms with Crippen molar-refractivity contribution in [2.45, 2.75) is 44.9 Å². The Labute approximate surface area is 195 Å². The minimum atomic E-state index is -1.39. The third kappa shape index (κ3) is 5.17. The van der Waals surface area contributed by atoms with Gasteiger partial charge in [0.15, 0.2) is 5.82 Å². The van der Waals surface area contributed by atoms with Gasteiger partial charge in [0, 0.05) is 48.7 Å². The summed E-state index contributed by atoms with van der Waals surface area (Å²) in [6.45, 7) is 6.69. The number of carbonyl (C=O) groups excluding carboxylic acids is 1. The summed E-state index contributed by atoms with van der Waals surface area (Å²) in [5, 5.41) is 1.60. The molecule has 3 aromatic heterocycles. The van der Waals surface area contributed by atoms with E-state index in [9.17, 15) is 9.18 Å². The van der Waals surface area contributed by atoms with E-state index in [0.29, 0.717) is 35.9 Å². The third-order valence-corrected chi connectivity index (χ3v) is 6.09. The van der Waals surface area contributed by atoms with Crippen LogP contribution in [-0.4, -0.2) is 44.3 Å². The van der Waals surface area contributed by atoms with E-state index in [0.717, 1.165) is 23.4 Å². The molecule has 0 aromatic carbocycles. The number of carbonyl (C=O) groups is 1. The number of anilines is 2. The molecule has 0 spiro atoms. The Bertz CT molecular complexity index is 1150. The van der Waals surface area contributed by atoms with Crippen LogP contribution < -0.4 is 10.2 Å². The molecule has 172 valence electrons. The van der Waals surface area contributed by atoms with Crippen molar-refractivity contribution in [3.05, 3.63) is 59.9 Å². The second kappa shape index (κ2) is 9.48. The molecule has 1 aliphatic heterocycles. The van der Waals surface area contributed by atoms with Crippen LogP contribution in [-0.2, 0) is 6.42 Å². The number of nitrogens with one attached hydrogen (secondary N) is 1. The van der Waals surface area contributed by atoms with Gasteiger partial charge in [-0.25, -0.2) is 19.3 Å². The van der Waals surface area contributed by atoms with Crippen molar-refractivity contribution >= 4 is 26.7 Å². The summed E-state index contributed by atoms with van der Waals surface area (Å²) in [4.78, 5) is 32.9. The molecule has 3 aromatic rings. The Hall–Kier alpha value is -2.99. The number of hydrogen-bond acceptors (Lipinski definition) is 6. The van der Waals surface area contributed by atoms with Gasteiger partial charge in [0.2, 0.25) is 0 Å². The number of amides is 1. The normalized spacial score (nSPS) is 18.1. The highest BCUT2D eigenvalue weighted by Crippen LogP contribution is 2.40. The average Bonchev–Trinajstić information content (AvgIpc) is 3.18. The fourth-order valence-electron chi connectivity index (χ4n) is 3.77. The van der Waals surface area contributed by atoms with Crippen LogP contribution in [0.25, 0.3) is 11.3 Å². The van der Waals surface area contributed by atoms with E-state index in [2.05, 4.69) is 29.5 Å². The van der Waals surface area contributed by atoms with Crippen molar-refractivity contribution in [3.63, 3.8) is 0 Å². The summed E-state index contributed by atoms with van der Waals surface area (Å²) in [6.07, 6.45) is 5.87. The van der Waals surface area contributed by atoms with E-state index in [1.807, 2.05) is 49.9 Å². The molecule has 1 fully saturated rings. The summed E-state index contributed by atoms with van der Waals surface area (Å²) in [5.74, 6) is 1.00. The monoisotopic (exact) mass is 466 g/mol. The molecule has 4 heterocycles. The highest BCUT2D eigenvalue weighted by atomic mass is 31.0. The second-order valence-corrected chi connectivity index (χ2v) is 9.60. The van der Waals surface area contributed by atoms with Gasteiger partial charge in [-0.2, -0.15) is 0 Å². The molecule has 1 saturated heterocycles. The first-order chi connectivity index (χ1) is 15.8. The second-order valence-electron chi connectivity index (χ2n) is 8.57. The SMILES string of the molecule is CCc1cccc(-c2ccnc(N3CCC(F)(P)C3)c2NC(=O)c2cnc(C(C)C)nc2)n1. The highest BCUT2D eigenvalue weighted by Gasteiger charge is 2.36. The van der Waals surface area contributed by atoms with Crippen LogP contribution in [0, 0.1) is 0 Å². The number of halogens is 1. The number of hydrogen-bond donors (Lipinski definition) is 1. The van der Waals surface area contributed by atoms with Gasteiger partial charge in [-0.1, -0.05) is 36.1 Å². The Morgan fingerprint density at radius 2 is 2.00 bits per heavy atom. The van der Waals surface area contributed by atoms with Crippen molar-refractivity contribution < 1.29 is 9.18 Å². The van der Waals surface area contributed by atoms with Crippen LogP contribution in [0.5, 0.6) is 0 Å². The van der Waals surface area contributed by atoms with E-state index in [-0.39, 0.29) is 18.4 Å². The lowest BCUT2D eigenvalue weighted by Crippen LogP contribution is -2.26. The lowest BCUT2D eigenvalue weighted by Gasteiger charge is -2.23. The zero-order valence-electron chi connectivity index (χ0n) is 19.0. The van der Waals surface area contributed by atoms with Crippen LogP contribution in [0.2, 0.25) is 0 Å². The first kappa shape index (κ1) is 23.2. The topological polar surface area (TPSA) is 83.9 Å². The fourth-order valence-corrected chi connectivity index (χ4v) is 4.12. The Balaban J connectivity index is 1.75. The quantitative estimate of drug-likeness (QED) is 0.534. The van der Waals surface area contributed by atoms with E-state index >= 15 is 0 Å². The highest BCUT2D eigenvalue weighted by molar-refractivity contribution is 7.18. The van der Waals surface area contributed by atoms with E-state index in [1.165, 1.54) is 12.4 Å². The van der Waals surface area contributed by atoms with Crippen LogP contribution >= 0.6 is 9.24 Å². The minimum absolute atomic E-state index is 0.165. The van der Waals surface area contributed by atoms with Gasteiger partial charge < -0.3 is 10.2 Å². The van der Waals surface area contributed by atoms with Gasteiger partial charge in [0.1, 0.15) is 11.2 Å². The molecule has 0 aliphatic carbocycles. The molecule has 0 radical (unpaired) electrons. The molecule has 0 saturated carbocycles.